The van der Waals surface area contributed by atoms with Crippen LogP contribution in [0.5, 0.6) is 0 Å². The lowest BCUT2D eigenvalue weighted by Crippen LogP contribution is -2.38. The molecule has 1 atom stereocenters. The van der Waals surface area contributed by atoms with Crippen molar-refractivity contribution >= 4 is 18.1 Å². The molecule has 0 radical (unpaired) electrons. The summed E-state index contributed by atoms with van der Waals surface area (Å²) in [5.74, 6) is 0. The fourth-order valence-electron chi connectivity index (χ4n) is 4.48. The molecule has 5 nitrogen and oxygen atoms in total. The lowest BCUT2D eigenvalue weighted by molar-refractivity contribution is 0.457. The van der Waals surface area contributed by atoms with Crippen LogP contribution in [0.3, 0.4) is 0 Å². The molecule has 3 N–H and O–H groups in total. The Labute approximate surface area is 175 Å². The molecule has 0 saturated carbocycles. The van der Waals surface area contributed by atoms with Crippen molar-refractivity contribution in [3.05, 3.63) is 94.2 Å². The summed E-state index contributed by atoms with van der Waals surface area (Å²) in [5.41, 5.74) is 11.8. The molecule has 2 heterocycles. The first-order valence-corrected chi connectivity index (χ1v) is 9.71. The van der Waals surface area contributed by atoms with E-state index in [2.05, 4.69) is 40.3 Å². The zero-order chi connectivity index (χ0) is 19.1. The van der Waals surface area contributed by atoms with Crippen LogP contribution in [-0.4, -0.2) is 14.4 Å². The van der Waals surface area contributed by atoms with Gasteiger partial charge in [0.25, 0.3) is 5.56 Å². The zero-order valence-corrected chi connectivity index (χ0v) is 16.8. The van der Waals surface area contributed by atoms with Gasteiger partial charge in [-0.2, -0.15) is 0 Å². The van der Waals surface area contributed by atoms with Crippen LogP contribution in [-0.2, 0) is 12.0 Å². The zero-order valence-electron chi connectivity index (χ0n) is 16.0. The molecule has 0 saturated heterocycles. The number of nitrogens with zero attached hydrogens (tertiary/aromatic N) is 2. The third kappa shape index (κ3) is 3.07. The molecule has 0 fully saturated rings. The van der Waals surface area contributed by atoms with Gasteiger partial charge in [0.05, 0.1) is 16.9 Å². The van der Waals surface area contributed by atoms with E-state index in [1.807, 2.05) is 34.9 Å². The summed E-state index contributed by atoms with van der Waals surface area (Å²) < 4.78 is 1.87. The van der Waals surface area contributed by atoms with E-state index < -0.39 is 5.54 Å². The topological polar surface area (TPSA) is 76.2 Å². The van der Waals surface area contributed by atoms with Crippen LogP contribution in [0.15, 0.2) is 71.8 Å². The summed E-state index contributed by atoms with van der Waals surface area (Å²) in [6.45, 7) is 0. The number of H-pyrrole nitrogens is 1. The monoisotopic (exact) mass is 406 g/mol. The van der Waals surface area contributed by atoms with E-state index in [1.165, 1.54) is 5.56 Å². The fourth-order valence-corrected chi connectivity index (χ4v) is 4.48. The average molecular weight is 407 g/mol. The number of halogens is 1. The van der Waals surface area contributed by atoms with Gasteiger partial charge in [0, 0.05) is 18.0 Å². The number of aryl methyl sites for hydroxylation is 1. The number of nitrogens with two attached hydrogens (primary N) is 1. The van der Waals surface area contributed by atoms with Gasteiger partial charge in [-0.25, -0.2) is 4.98 Å². The summed E-state index contributed by atoms with van der Waals surface area (Å²) in [7, 11) is 0. The predicted molar refractivity (Wildman–Crippen MR) is 117 cm³/mol. The number of rotatable bonds is 5. The molecule has 2 aromatic heterocycles. The largest absolute Gasteiger partial charge is 0.317 e. The molecule has 0 aliphatic heterocycles. The number of hydrogen-bond donors (Lipinski definition) is 2. The van der Waals surface area contributed by atoms with Gasteiger partial charge in [0.2, 0.25) is 5.65 Å². The molecule has 0 amide bonds. The van der Waals surface area contributed by atoms with E-state index in [-0.39, 0.29) is 18.0 Å². The Hall–Kier alpha value is -2.89. The first-order chi connectivity index (χ1) is 13.7. The van der Waals surface area contributed by atoms with Crippen molar-refractivity contribution in [2.75, 3.05) is 0 Å². The number of benzene rings is 2. The van der Waals surface area contributed by atoms with Gasteiger partial charge in [0.1, 0.15) is 0 Å². The molecular formula is C23H23ClN4O. The normalized spacial score (nSPS) is 17.0. The summed E-state index contributed by atoms with van der Waals surface area (Å²) in [4.78, 5) is 19.7. The molecular weight excluding hydrogens is 384 g/mol. The van der Waals surface area contributed by atoms with Crippen molar-refractivity contribution < 1.29 is 0 Å². The third-order valence-electron chi connectivity index (χ3n) is 5.79. The highest BCUT2D eigenvalue weighted by molar-refractivity contribution is 5.85. The van der Waals surface area contributed by atoms with E-state index in [1.54, 1.807) is 6.20 Å². The smallest absolute Gasteiger partial charge is 0.292 e. The predicted octanol–water partition coefficient (Wildman–Crippen LogP) is 4.04. The highest BCUT2D eigenvalue weighted by Gasteiger charge is 2.42. The fraction of sp³-hybridized carbons (Fsp3) is 0.217. The maximum Gasteiger partial charge on any atom is 0.292 e. The van der Waals surface area contributed by atoms with Crippen molar-refractivity contribution in [1.29, 1.82) is 0 Å². The number of nitrogens with one attached hydrogen (secondary N) is 1. The van der Waals surface area contributed by atoms with Crippen LogP contribution in [0.25, 0.3) is 16.9 Å². The SMILES string of the molecule is Cl.NC1(CCCCc2ccccc2)c2ccccc2-c2[nH]c(=O)c3nccn3c21. The second-order valence-electron chi connectivity index (χ2n) is 7.51. The van der Waals surface area contributed by atoms with Gasteiger partial charge < -0.3 is 10.7 Å². The van der Waals surface area contributed by atoms with Crippen LogP contribution >= 0.6 is 12.4 Å². The molecule has 5 rings (SSSR count). The van der Waals surface area contributed by atoms with Crippen LogP contribution in [0, 0.1) is 0 Å². The van der Waals surface area contributed by atoms with Crippen molar-refractivity contribution in [1.82, 2.24) is 14.4 Å². The van der Waals surface area contributed by atoms with Crippen molar-refractivity contribution in [3.63, 3.8) is 0 Å². The minimum Gasteiger partial charge on any atom is -0.317 e. The Kier molecular flexibility index (Phi) is 5.03. The number of imidazole rings is 1. The molecule has 0 spiro atoms. The number of hydrogen-bond acceptors (Lipinski definition) is 3. The molecule has 1 aliphatic carbocycles. The van der Waals surface area contributed by atoms with E-state index in [9.17, 15) is 4.79 Å². The number of aromatic amines is 1. The average Bonchev–Trinajstić information content (AvgIpc) is 3.30. The van der Waals surface area contributed by atoms with E-state index in [4.69, 9.17) is 5.73 Å². The first kappa shape index (κ1) is 19.4. The minimum absolute atomic E-state index is 0. The molecule has 1 unspecified atom stereocenters. The summed E-state index contributed by atoms with van der Waals surface area (Å²) in [5, 5.41) is 0. The molecule has 0 bridgehead atoms. The van der Waals surface area contributed by atoms with Crippen LogP contribution in [0.1, 0.15) is 36.1 Å². The van der Waals surface area contributed by atoms with Crippen molar-refractivity contribution in [2.24, 2.45) is 5.73 Å². The summed E-state index contributed by atoms with van der Waals surface area (Å²) in [6, 6.07) is 18.6. The van der Waals surface area contributed by atoms with Gasteiger partial charge >= 0.3 is 0 Å². The highest BCUT2D eigenvalue weighted by atomic mass is 35.5. The van der Waals surface area contributed by atoms with E-state index >= 15 is 0 Å². The Bertz CT molecular complexity index is 1210. The van der Waals surface area contributed by atoms with Crippen molar-refractivity contribution in [3.8, 4) is 11.3 Å². The number of aromatic nitrogens is 3. The summed E-state index contributed by atoms with van der Waals surface area (Å²) in [6.07, 6.45) is 7.40. The third-order valence-corrected chi connectivity index (χ3v) is 5.79. The lowest BCUT2D eigenvalue weighted by atomic mass is 9.86. The second kappa shape index (κ2) is 7.50. The molecule has 6 heteroatoms. The van der Waals surface area contributed by atoms with E-state index in [0.717, 1.165) is 48.2 Å². The van der Waals surface area contributed by atoms with Gasteiger partial charge in [-0.15, -0.1) is 12.4 Å². The Morgan fingerprint density at radius 1 is 1.03 bits per heavy atom. The van der Waals surface area contributed by atoms with Crippen LogP contribution in [0.2, 0.25) is 0 Å². The highest BCUT2D eigenvalue weighted by Crippen LogP contribution is 2.46. The first-order valence-electron chi connectivity index (χ1n) is 9.71. The van der Waals surface area contributed by atoms with E-state index in [0.29, 0.717) is 5.65 Å². The van der Waals surface area contributed by atoms with Gasteiger partial charge in [-0.1, -0.05) is 61.0 Å². The van der Waals surface area contributed by atoms with Gasteiger partial charge in [-0.05, 0) is 30.4 Å². The molecule has 1 aliphatic rings. The van der Waals surface area contributed by atoms with Crippen molar-refractivity contribution in [2.45, 2.75) is 31.2 Å². The molecule has 4 aromatic rings. The van der Waals surface area contributed by atoms with Gasteiger partial charge in [0.15, 0.2) is 0 Å². The quantitative estimate of drug-likeness (QED) is 0.491. The Morgan fingerprint density at radius 3 is 2.62 bits per heavy atom. The maximum atomic E-state index is 12.5. The molecule has 29 heavy (non-hydrogen) atoms. The number of fused-ring (bicyclic) bond motifs is 5. The van der Waals surface area contributed by atoms with Crippen LogP contribution in [0.4, 0.5) is 0 Å². The number of unbranched alkanes of at least 4 members (excludes halogenated alkanes) is 1. The molecule has 148 valence electrons. The second-order valence-corrected chi connectivity index (χ2v) is 7.51. The van der Waals surface area contributed by atoms with Crippen LogP contribution < -0.4 is 11.3 Å². The standard InChI is InChI=1S/C23H22N4O.ClH/c24-23(13-7-6-10-16-8-2-1-3-9-16)18-12-5-4-11-17(18)19-20(23)27-15-14-25-21(27)22(28)26-19;/h1-5,8-9,11-12,14-15H,6-7,10,13,24H2,(H,26,28);1H. The summed E-state index contributed by atoms with van der Waals surface area (Å²) >= 11 is 0. The van der Waals surface area contributed by atoms with Gasteiger partial charge in [-0.3, -0.25) is 9.20 Å². The maximum absolute atomic E-state index is 12.5. The Balaban J connectivity index is 0.00000205. The lowest BCUT2D eigenvalue weighted by Gasteiger charge is -2.27. The minimum atomic E-state index is -0.647. The molecule has 2 aromatic carbocycles. The Morgan fingerprint density at radius 2 is 1.79 bits per heavy atom.